The Bertz CT molecular complexity index is 632. The third kappa shape index (κ3) is 5.11. The Balaban J connectivity index is 2.90. The molecule has 7 heteroatoms. The van der Waals surface area contributed by atoms with Crippen LogP contribution in [0.5, 0.6) is 0 Å². The van der Waals surface area contributed by atoms with Gasteiger partial charge in [-0.2, -0.15) is 5.26 Å². The number of carbonyl (C=O) groups excluding carboxylic acids is 3. The lowest BCUT2D eigenvalue weighted by Gasteiger charge is -2.21. The summed E-state index contributed by atoms with van der Waals surface area (Å²) in [6.45, 7) is 3.83. The molecule has 1 unspecified atom stereocenters. The van der Waals surface area contributed by atoms with E-state index in [0.29, 0.717) is 17.5 Å². The second-order valence-corrected chi connectivity index (χ2v) is 5.59. The molecule has 0 aliphatic rings. The van der Waals surface area contributed by atoms with Gasteiger partial charge in [-0.05, 0) is 36.6 Å². The van der Waals surface area contributed by atoms with E-state index in [2.05, 4.69) is 5.32 Å². The number of carbonyl (C=O) groups is 3. The van der Waals surface area contributed by atoms with Gasteiger partial charge in [0.15, 0.2) is 6.19 Å². The van der Waals surface area contributed by atoms with Crippen LogP contribution in [0, 0.1) is 17.4 Å². The van der Waals surface area contributed by atoms with Crippen molar-refractivity contribution in [2.75, 3.05) is 7.05 Å². The molecule has 0 fully saturated rings. The fraction of sp³-hybridized carbons (Fsp3) is 0.375. The number of amides is 3. The molecule has 7 nitrogen and oxygen atoms in total. The highest BCUT2D eigenvalue weighted by atomic mass is 16.2. The minimum absolute atomic E-state index is 0.161. The number of nitrogens with two attached hydrogens (primary N) is 1. The Labute approximate surface area is 135 Å². The SMILES string of the molecule is CC(C)CC(NC(=O)c1ccc(C(N)=O)cc1)C(=O)N(C)C#N. The van der Waals surface area contributed by atoms with Gasteiger partial charge >= 0.3 is 0 Å². The number of nitrogens with zero attached hydrogens (tertiary/aromatic N) is 2. The van der Waals surface area contributed by atoms with E-state index in [1.54, 1.807) is 6.19 Å². The first-order chi connectivity index (χ1) is 10.8. The molecule has 23 heavy (non-hydrogen) atoms. The smallest absolute Gasteiger partial charge is 0.257 e. The fourth-order valence-corrected chi connectivity index (χ4v) is 2.00. The average molecular weight is 316 g/mol. The van der Waals surface area contributed by atoms with Crippen LogP contribution in [-0.4, -0.2) is 35.7 Å². The molecule has 0 spiro atoms. The summed E-state index contributed by atoms with van der Waals surface area (Å²) in [5.74, 6) is -1.34. The largest absolute Gasteiger partial charge is 0.366 e. The number of primary amides is 1. The standard InChI is InChI=1S/C16H20N4O3/c1-10(2)8-13(16(23)20(3)9-17)19-15(22)12-6-4-11(5-7-12)14(18)21/h4-7,10,13H,8H2,1-3H3,(H2,18,21)(H,19,22). The van der Waals surface area contributed by atoms with Crippen molar-refractivity contribution in [1.29, 1.82) is 5.26 Å². The van der Waals surface area contributed by atoms with Crippen molar-refractivity contribution in [3.63, 3.8) is 0 Å². The summed E-state index contributed by atoms with van der Waals surface area (Å²) in [6, 6.07) is 5.01. The van der Waals surface area contributed by atoms with Crippen LogP contribution in [0.4, 0.5) is 0 Å². The first kappa shape index (κ1) is 18.2. The second kappa shape index (κ2) is 7.94. The van der Waals surface area contributed by atoms with Crippen LogP contribution in [0.1, 0.15) is 41.0 Å². The van der Waals surface area contributed by atoms with Crippen LogP contribution >= 0.6 is 0 Å². The molecular formula is C16H20N4O3. The summed E-state index contributed by atoms with van der Waals surface area (Å²) in [6.07, 6.45) is 2.15. The molecule has 122 valence electrons. The molecule has 0 heterocycles. The molecule has 3 amide bonds. The van der Waals surface area contributed by atoms with Gasteiger partial charge in [-0.3, -0.25) is 19.3 Å². The molecule has 0 saturated carbocycles. The summed E-state index contributed by atoms with van der Waals surface area (Å²) < 4.78 is 0. The first-order valence-corrected chi connectivity index (χ1v) is 7.14. The number of nitriles is 1. The third-order valence-electron chi connectivity index (χ3n) is 3.22. The highest BCUT2D eigenvalue weighted by Gasteiger charge is 2.25. The molecular weight excluding hydrogens is 296 g/mol. The van der Waals surface area contributed by atoms with E-state index >= 15 is 0 Å². The van der Waals surface area contributed by atoms with Crippen LogP contribution in [0.3, 0.4) is 0 Å². The lowest BCUT2D eigenvalue weighted by Crippen LogP contribution is -2.46. The van der Waals surface area contributed by atoms with Gasteiger partial charge in [0, 0.05) is 18.2 Å². The van der Waals surface area contributed by atoms with E-state index in [1.807, 2.05) is 13.8 Å². The van der Waals surface area contributed by atoms with E-state index < -0.39 is 23.8 Å². The normalized spacial score (nSPS) is 11.4. The number of hydrogen-bond acceptors (Lipinski definition) is 4. The number of likely N-dealkylation sites (N-methyl/N-ethyl adjacent to an activating group) is 1. The minimum Gasteiger partial charge on any atom is -0.366 e. The Morgan fingerprint density at radius 3 is 2.17 bits per heavy atom. The molecule has 0 aromatic heterocycles. The van der Waals surface area contributed by atoms with Crippen LogP contribution in [-0.2, 0) is 4.79 Å². The quantitative estimate of drug-likeness (QED) is 0.598. The van der Waals surface area contributed by atoms with Gasteiger partial charge in [0.2, 0.25) is 5.91 Å². The van der Waals surface area contributed by atoms with Crippen molar-refractivity contribution in [3.8, 4) is 6.19 Å². The van der Waals surface area contributed by atoms with E-state index in [9.17, 15) is 14.4 Å². The summed E-state index contributed by atoms with van der Waals surface area (Å²) in [4.78, 5) is 36.3. The topological polar surface area (TPSA) is 116 Å². The maximum absolute atomic E-state index is 12.3. The van der Waals surface area contributed by atoms with Crippen molar-refractivity contribution < 1.29 is 14.4 Å². The van der Waals surface area contributed by atoms with Crippen LogP contribution in [0.2, 0.25) is 0 Å². The van der Waals surface area contributed by atoms with E-state index in [0.717, 1.165) is 4.90 Å². The van der Waals surface area contributed by atoms with Crippen molar-refractivity contribution in [3.05, 3.63) is 35.4 Å². The molecule has 0 saturated heterocycles. The van der Waals surface area contributed by atoms with Gasteiger partial charge in [0.1, 0.15) is 6.04 Å². The van der Waals surface area contributed by atoms with Crippen molar-refractivity contribution in [2.24, 2.45) is 11.7 Å². The van der Waals surface area contributed by atoms with Crippen LogP contribution in [0.15, 0.2) is 24.3 Å². The van der Waals surface area contributed by atoms with E-state index in [4.69, 9.17) is 11.0 Å². The Morgan fingerprint density at radius 2 is 1.74 bits per heavy atom. The van der Waals surface area contributed by atoms with Crippen molar-refractivity contribution in [1.82, 2.24) is 10.2 Å². The maximum Gasteiger partial charge on any atom is 0.257 e. The van der Waals surface area contributed by atoms with Gasteiger partial charge in [-0.25, -0.2) is 0 Å². The maximum atomic E-state index is 12.3. The van der Waals surface area contributed by atoms with Crippen molar-refractivity contribution >= 4 is 17.7 Å². The molecule has 1 atom stereocenters. The van der Waals surface area contributed by atoms with Gasteiger partial charge < -0.3 is 11.1 Å². The lowest BCUT2D eigenvalue weighted by molar-refractivity contribution is -0.129. The highest BCUT2D eigenvalue weighted by molar-refractivity contribution is 5.99. The second-order valence-electron chi connectivity index (χ2n) is 5.59. The van der Waals surface area contributed by atoms with Gasteiger partial charge in [0.25, 0.3) is 11.8 Å². The monoisotopic (exact) mass is 316 g/mol. The molecule has 0 radical (unpaired) electrons. The summed E-state index contributed by atoms with van der Waals surface area (Å²) in [7, 11) is 1.35. The zero-order valence-corrected chi connectivity index (χ0v) is 13.4. The van der Waals surface area contributed by atoms with Crippen LogP contribution in [0.25, 0.3) is 0 Å². The average Bonchev–Trinajstić information content (AvgIpc) is 2.52. The van der Waals surface area contributed by atoms with Gasteiger partial charge in [-0.15, -0.1) is 0 Å². The van der Waals surface area contributed by atoms with Crippen LogP contribution < -0.4 is 11.1 Å². The Kier molecular flexibility index (Phi) is 6.27. The summed E-state index contributed by atoms with van der Waals surface area (Å²) in [5.41, 5.74) is 5.74. The summed E-state index contributed by atoms with van der Waals surface area (Å²) in [5, 5.41) is 11.5. The fourth-order valence-electron chi connectivity index (χ4n) is 2.00. The molecule has 0 bridgehead atoms. The number of rotatable bonds is 6. The molecule has 3 N–H and O–H groups in total. The first-order valence-electron chi connectivity index (χ1n) is 7.14. The zero-order valence-electron chi connectivity index (χ0n) is 13.4. The Morgan fingerprint density at radius 1 is 1.22 bits per heavy atom. The van der Waals surface area contributed by atoms with E-state index in [-0.39, 0.29) is 5.92 Å². The van der Waals surface area contributed by atoms with Gasteiger partial charge in [0.05, 0.1) is 0 Å². The number of nitrogens with one attached hydrogen (secondary N) is 1. The predicted molar refractivity (Wildman–Crippen MR) is 84.1 cm³/mol. The number of hydrogen-bond donors (Lipinski definition) is 2. The molecule has 1 aromatic carbocycles. The third-order valence-corrected chi connectivity index (χ3v) is 3.22. The van der Waals surface area contributed by atoms with Crippen molar-refractivity contribution in [2.45, 2.75) is 26.3 Å². The highest BCUT2D eigenvalue weighted by Crippen LogP contribution is 2.10. The number of benzene rings is 1. The lowest BCUT2D eigenvalue weighted by atomic mass is 10.0. The zero-order chi connectivity index (χ0) is 17.6. The minimum atomic E-state index is -0.789. The predicted octanol–water partition coefficient (Wildman–Crippen LogP) is 0.869. The Hall–Kier alpha value is -2.88. The molecule has 1 rings (SSSR count). The molecule has 0 aliphatic carbocycles. The molecule has 1 aromatic rings. The molecule has 0 aliphatic heterocycles. The van der Waals surface area contributed by atoms with Gasteiger partial charge in [-0.1, -0.05) is 13.8 Å². The summed E-state index contributed by atoms with van der Waals surface area (Å²) >= 11 is 0. The van der Waals surface area contributed by atoms with E-state index in [1.165, 1.54) is 31.3 Å².